The van der Waals surface area contributed by atoms with Crippen molar-refractivity contribution in [3.8, 4) is 0 Å². The van der Waals surface area contributed by atoms with Crippen LogP contribution in [0.3, 0.4) is 0 Å². The normalized spacial score (nSPS) is 20.6. The highest BCUT2D eigenvalue weighted by Crippen LogP contribution is 2.35. The fourth-order valence-electron chi connectivity index (χ4n) is 1.65. The quantitative estimate of drug-likeness (QED) is 0.600. The molecule has 1 unspecified atom stereocenters. The van der Waals surface area contributed by atoms with Crippen LogP contribution in [0, 0.1) is 10.1 Å². The summed E-state index contributed by atoms with van der Waals surface area (Å²) in [6, 6.07) is 6.81. The first kappa shape index (κ1) is 11.4. The lowest BCUT2D eigenvalue weighted by Gasteiger charge is -2.21. The number of benzene rings is 1. The molecule has 0 saturated carbocycles. The van der Waals surface area contributed by atoms with E-state index in [0.717, 1.165) is 25.9 Å². The summed E-state index contributed by atoms with van der Waals surface area (Å²) in [5.74, 6) is 0. The highest BCUT2D eigenvalue weighted by Gasteiger charge is 2.20. The molecule has 0 radical (unpaired) electrons. The van der Waals surface area contributed by atoms with Crippen molar-refractivity contribution in [2.75, 3.05) is 6.61 Å². The lowest BCUT2D eigenvalue weighted by molar-refractivity contribution is -0.387. The van der Waals surface area contributed by atoms with E-state index in [-0.39, 0.29) is 16.0 Å². The Labute approximate surface area is 98.1 Å². The molecular formula is C11H13NO3S. The molecule has 1 aromatic carbocycles. The Morgan fingerprint density at radius 1 is 1.38 bits per heavy atom. The molecule has 1 aliphatic heterocycles. The summed E-state index contributed by atoms with van der Waals surface area (Å²) in [6.07, 6.45) is 3.20. The van der Waals surface area contributed by atoms with Crippen molar-refractivity contribution < 1.29 is 9.66 Å². The van der Waals surface area contributed by atoms with Crippen LogP contribution < -0.4 is 0 Å². The maximum absolute atomic E-state index is 10.8. The van der Waals surface area contributed by atoms with Crippen LogP contribution in [0.2, 0.25) is 0 Å². The fourth-order valence-corrected chi connectivity index (χ4v) is 2.81. The van der Waals surface area contributed by atoms with Crippen molar-refractivity contribution in [3.63, 3.8) is 0 Å². The highest BCUT2D eigenvalue weighted by atomic mass is 32.2. The molecule has 1 heterocycles. The minimum absolute atomic E-state index is 0.0647. The molecule has 1 aromatic rings. The van der Waals surface area contributed by atoms with Gasteiger partial charge in [0.2, 0.25) is 0 Å². The summed E-state index contributed by atoms with van der Waals surface area (Å²) in [6.45, 7) is 0.762. The van der Waals surface area contributed by atoms with Crippen LogP contribution in [0.15, 0.2) is 29.2 Å². The molecule has 2 rings (SSSR count). The lowest BCUT2D eigenvalue weighted by atomic mass is 10.2. The molecule has 0 amide bonds. The molecule has 1 atom stereocenters. The molecule has 0 bridgehead atoms. The van der Waals surface area contributed by atoms with Crippen molar-refractivity contribution in [3.05, 3.63) is 34.4 Å². The zero-order chi connectivity index (χ0) is 11.4. The fraction of sp³-hybridized carbons (Fsp3) is 0.455. The SMILES string of the molecule is O=[N+]([O-])c1ccccc1SC1CCCCO1. The molecule has 1 saturated heterocycles. The average molecular weight is 239 g/mol. The van der Waals surface area contributed by atoms with Crippen LogP contribution in [0.25, 0.3) is 0 Å². The van der Waals surface area contributed by atoms with Crippen LogP contribution in [-0.4, -0.2) is 17.0 Å². The second kappa shape index (κ2) is 5.32. The smallest absolute Gasteiger partial charge is 0.282 e. The largest absolute Gasteiger partial charge is 0.367 e. The third kappa shape index (κ3) is 2.74. The van der Waals surface area contributed by atoms with E-state index in [1.165, 1.54) is 17.8 Å². The minimum atomic E-state index is -0.342. The summed E-state index contributed by atoms with van der Waals surface area (Å²) in [7, 11) is 0. The Hall–Kier alpha value is -1.07. The number of nitro benzene ring substituents is 1. The van der Waals surface area contributed by atoms with Crippen molar-refractivity contribution in [2.24, 2.45) is 0 Å². The Bertz CT molecular complexity index is 377. The molecule has 86 valence electrons. The summed E-state index contributed by atoms with van der Waals surface area (Å²) < 4.78 is 5.56. The average Bonchev–Trinajstić information content (AvgIpc) is 2.31. The molecule has 0 N–H and O–H groups in total. The molecule has 0 spiro atoms. The van der Waals surface area contributed by atoms with Gasteiger partial charge in [-0.3, -0.25) is 10.1 Å². The molecular weight excluding hydrogens is 226 g/mol. The predicted molar refractivity (Wildman–Crippen MR) is 62.5 cm³/mol. The second-order valence-corrected chi connectivity index (χ2v) is 4.84. The number of ether oxygens (including phenoxy) is 1. The summed E-state index contributed by atoms with van der Waals surface area (Å²) in [5.41, 5.74) is 0.233. The molecule has 4 nitrogen and oxygen atoms in total. The molecule has 1 aliphatic rings. The van der Waals surface area contributed by atoms with Gasteiger partial charge in [-0.1, -0.05) is 23.9 Å². The molecule has 5 heteroatoms. The van der Waals surface area contributed by atoms with Gasteiger partial charge in [0.15, 0.2) is 0 Å². The zero-order valence-electron chi connectivity index (χ0n) is 8.80. The predicted octanol–water partition coefficient (Wildman–Crippen LogP) is 3.21. The van der Waals surface area contributed by atoms with Gasteiger partial charge in [-0.25, -0.2) is 0 Å². The highest BCUT2D eigenvalue weighted by molar-refractivity contribution is 7.99. The Morgan fingerprint density at radius 2 is 2.19 bits per heavy atom. The Balaban J connectivity index is 2.10. The Kier molecular flexibility index (Phi) is 3.79. The molecule has 16 heavy (non-hydrogen) atoms. The van der Waals surface area contributed by atoms with Gasteiger partial charge in [-0.05, 0) is 25.3 Å². The van der Waals surface area contributed by atoms with Crippen LogP contribution in [0.1, 0.15) is 19.3 Å². The van der Waals surface area contributed by atoms with Crippen molar-refractivity contribution >= 4 is 17.4 Å². The van der Waals surface area contributed by atoms with Gasteiger partial charge in [0.25, 0.3) is 5.69 Å². The van der Waals surface area contributed by atoms with Crippen LogP contribution >= 0.6 is 11.8 Å². The second-order valence-electron chi connectivity index (χ2n) is 3.64. The zero-order valence-corrected chi connectivity index (χ0v) is 9.61. The van der Waals surface area contributed by atoms with Crippen LogP contribution in [0.4, 0.5) is 5.69 Å². The third-order valence-corrected chi connectivity index (χ3v) is 3.69. The van der Waals surface area contributed by atoms with E-state index in [1.54, 1.807) is 12.1 Å². The summed E-state index contributed by atoms with van der Waals surface area (Å²) >= 11 is 1.46. The lowest BCUT2D eigenvalue weighted by Crippen LogP contribution is -2.15. The molecule has 1 fully saturated rings. The maximum Gasteiger partial charge on any atom is 0.282 e. The topological polar surface area (TPSA) is 52.4 Å². The van der Waals surface area contributed by atoms with Gasteiger partial charge in [0.05, 0.1) is 9.82 Å². The number of rotatable bonds is 3. The number of hydrogen-bond donors (Lipinski definition) is 0. The molecule has 0 aromatic heterocycles. The van der Waals surface area contributed by atoms with E-state index in [9.17, 15) is 10.1 Å². The first-order valence-corrected chi connectivity index (χ1v) is 6.17. The van der Waals surface area contributed by atoms with Gasteiger partial charge >= 0.3 is 0 Å². The van der Waals surface area contributed by atoms with E-state index in [1.807, 2.05) is 6.07 Å². The third-order valence-electron chi connectivity index (χ3n) is 2.46. The number of para-hydroxylation sites is 1. The van der Waals surface area contributed by atoms with E-state index in [4.69, 9.17) is 4.74 Å². The van der Waals surface area contributed by atoms with Gasteiger partial charge < -0.3 is 4.74 Å². The van der Waals surface area contributed by atoms with Crippen molar-refractivity contribution in [1.29, 1.82) is 0 Å². The van der Waals surface area contributed by atoms with Crippen LogP contribution in [0.5, 0.6) is 0 Å². The number of nitro groups is 1. The summed E-state index contributed by atoms with van der Waals surface area (Å²) in [5, 5.41) is 10.8. The van der Waals surface area contributed by atoms with E-state index < -0.39 is 0 Å². The number of hydrogen-bond acceptors (Lipinski definition) is 4. The van der Waals surface area contributed by atoms with E-state index in [2.05, 4.69) is 0 Å². The minimum Gasteiger partial charge on any atom is -0.367 e. The monoisotopic (exact) mass is 239 g/mol. The van der Waals surface area contributed by atoms with Gasteiger partial charge in [-0.2, -0.15) is 0 Å². The number of nitrogens with zero attached hydrogens (tertiary/aromatic N) is 1. The Morgan fingerprint density at radius 3 is 2.88 bits per heavy atom. The number of thioether (sulfide) groups is 1. The first-order chi connectivity index (χ1) is 7.77. The van der Waals surface area contributed by atoms with Gasteiger partial charge in [0, 0.05) is 12.7 Å². The van der Waals surface area contributed by atoms with Gasteiger partial charge in [0.1, 0.15) is 5.44 Å². The van der Waals surface area contributed by atoms with Crippen molar-refractivity contribution in [2.45, 2.75) is 29.6 Å². The molecule has 0 aliphatic carbocycles. The standard InChI is InChI=1S/C11H13NO3S/c13-12(14)9-5-1-2-6-10(9)16-11-7-3-4-8-15-11/h1-2,5-6,11H,3-4,7-8H2. The van der Waals surface area contributed by atoms with Gasteiger partial charge in [-0.15, -0.1) is 0 Å². The summed E-state index contributed by atoms with van der Waals surface area (Å²) in [4.78, 5) is 11.2. The van der Waals surface area contributed by atoms with E-state index >= 15 is 0 Å². The first-order valence-electron chi connectivity index (χ1n) is 5.29. The van der Waals surface area contributed by atoms with Crippen LogP contribution in [-0.2, 0) is 4.74 Å². The maximum atomic E-state index is 10.8. The van der Waals surface area contributed by atoms with Crippen molar-refractivity contribution in [1.82, 2.24) is 0 Å². The van der Waals surface area contributed by atoms with E-state index in [0.29, 0.717) is 4.90 Å².